The second-order valence-corrected chi connectivity index (χ2v) is 4.43. The van der Waals surface area contributed by atoms with Gasteiger partial charge in [0.2, 0.25) is 0 Å². The molecule has 1 saturated carbocycles. The van der Waals surface area contributed by atoms with Gasteiger partial charge < -0.3 is 0 Å². The van der Waals surface area contributed by atoms with Crippen LogP contribution in [0, 0.1) is 11.3 Å². The average molecular weight is 184 g/mol. The van der Waals surface area contributed by atoms with Gasteiger partial charge in [0.25, 0.3) is 0 Å². The maximum atomic E-state index is 13.0. The van der Waals surface area contributed by atoms with Crippen molar-refractivity contribution < 1.29 is 4.39 Å². The largest absolute Gasteiger partial charge is 0.248 e. The molecule has 0 nitrogen and oxygen atoms in total. The van der Waals surface area contributed by atoms with Crippen molar-refractivity contribution in [2.75, 3.05) is 0 Å². The lowest BCUT2D eigenvalue weighted by atomic mass is 9.97. The van der Waals surface area contributed by atoms with E-state index >= 15 is 0 Å². The van der Waals surface area contributed by atoms with E-state index in [1.54, 1.807) is 0 Å². The molecule has 0 aromatic rings. The summed E-state index contributed by atoms with van der Waals surface area (Å²) in [6.07, 6.45) is 4.01. The molecule has 3 atom stereocenters. The molecule has 0 spiro atoms. The van der Waals surface area contributed by atoms with Crippen LogP contribution in [-0.2, 0) is 0 Å². The average Bonchev–Trinajstić information content (AvgIpc) is 2.65. The number of hydrogen-bond acceptors (Lipinski definition) is 0. The van der Waals surface area contributed by atoms with E-state index in [4.69, 9.17) is 0 Å². The van der Waals surface area contributed by atoms with E-state index in [2.05, 4.69) is 26.8 Å². The lowest BCUT2D eigenvalue weighted by Gasteiger charge is -2.10. The second-order valence-electron chi connectivity index (χ2n) is 4.43. The van der Waals surface area contributed by atoms with Gasteiger partial charge in [-0.05, 0) is 37.5 Å². The van der Waals surface area contributed by atoms with Crippen molar-refractivity contribution in [2.24, 2.45) is 11.3 Å². The fourth-order valence-corrected chi connectivity index (χ4v) is 2.32. The van der Waals surface area contributed by atoms with Crippen LogP contribution in [0.1, 0.15) is 47.0 Å². The highest BCUT2D eigenvalue weighted by Gasteiger charge is 2.51. The Morgan fingerprint density at radius 2 is 2.23 bits per heavy atom. The molecular weight excluding hydrogens is 163 g/mol. The number of halogens is 1. The zero-order valence-electron chi connectivity index (χ0n) is 9.23. The quantitative estimate of drug-likeness (QED) is 0.577. The number of alkyl halides is 1. The molecule has 0 radical (unpaired) electrons. The van der Waals surface area contributed by atoms with Crippen molar-refractivity contribution in [3.63, 3.8) is 0 Å². The van der Waals surface area contributed by atoms with Crippen LogP contribution in [0.3, 0.4) is 0 Å². The third-order valence-corrected chi connectivity index (χ3v) is 3.73. The van der Waals surface area contributed by atoms with Crippen LogP contribution in [0.15, 0.2) is 11.6 Å². The first kappa shape index (κ1) is 10.7. The van der Waals surface area contributed by atoms with Crippen LogP contribution < -0.4 is 0 Å². The van der Waals surface area contributed by atoms with Crippen LogP contribution in [0.25, 0.3) is 0 Å². The summed E-state index contributed by atoms with van der Waals surface area (Å²) in [7, 11) is 0. The number of allylic oxidation sites excluding steroid dienone is 2. The smallest absolute Gasteiger partial charge is 0.0999 e. The molecule has 1 fully saturated rings. The first-order chi connectivity index (χ1) is 6.06. The number of rotatable bonds is 4. The SMILES string of the molecule is CC=C1C(C)C1(C)CCC(F)CC. The Hall–Kier alpha value is -0.330. The van der Waals surface area contributed by atoms with Gasteiger partial charge in [-0.3, -0.25) is 0 Å². The van der Waals surface area contributed by atoms with Gasteiger partial charge in [0, 0.05) is 0 Å². The van der Waals surface area contributed by atoms with Gasteiger partial charge in [-0.15, -0.1) is 0 Å². The number of hydrogen-bond donors (Lipinski definition) is 0. The van der Waals surface area contributed by atoms with Gasteiger partial charge in [0.15, 0.2) is 0 Å². The standard InChI is InChI=1S/C12H21F/c1-5-10(13)7-8-12(4)9(3)11(12)6-2/h6,9-10H,5,7-8H2,1-4H3. The summed E-state index contributed by atoms with van der Waals surface area (Å²) < 4.78 is 13.0. The molecule has 1 heteroatoms. The summed E-state index contributed by atoms with van der Waals surface area (Å²) in [5.74, 6) is 0.682. The first-order valence-corrected chi connectivity index (χ1v) is 5.37. The topological polar surface area (TPSA) is 0 Å². The molecule has 1 aliphatic rings. The van der Waals surface area contributed by atoms with Gasteiger partial charge in [0.1, 0.15) is 0 Å². The van der Waals surface area contributed by atoms with Crippen molar-refractivity contribution in [2.45, 2.75) is 53.1 Å². The zero-order valence-corrected chi connectivity index (χ0v) is 9.23. The van der Waals surface area contributed by atoms with Crippen molar-refractivity contribution in [1.29, 1.82) is 0 Å². The Morgan fingerprint density at radius 1 is 1.62 bits per heavy atom. The molecule has 0 amide bonds. The molecule has 3 unspecified atom stereocenters. The van der Waals surface area contributed by atoms with Crippen LogP contribution >= 0.6 is 0 Å². The Kier molecular flexibility index (Phi) is 3.15. The molecule has 0 bridgehead atoms. The summed E-state index contributed by atoms with van der Waals surface area (Å²) >= 11 is 0. The maximum absolute atomic E-state index is 13.0. The molecule has 0 N–H and O–H groups in total. The summed E-state index contributed by atoms with van der Waals surface area (Å²) in [6, 6.07) is 0. The molecule has 0 saturated heterocycles. The van der Waals surface area contributed by atoms with Crippen LogP contribution in [0.5, 0.6) is 0 Å². The van der Waals surface area contributed by atoms with Crippen LogP contribution in [-0.4, -0.2) is 6.17 Å². The summed E-state index contributed by atoms with van der Waals surface area (Å²) in [4.78, 5) is 0. The molecule has 0 aromatic heterocycles. The minimum Gasteiger partial charge on any atom is -0.248 e. The molecule has 0 aliphatic heterocycles. The lowest BCUT2D eigenvalue weighted by Crippen LogP contribution is -2.04. The lowest BCUT2D eigenvalue weighted by molar-refractivity contribution is 0.276. The molecule has 1 rings (SSSR count). The van der Waals surface area contributed by atoms with E-state index in [1.807, 2.05) is 6.92 Å². The van der Waals surface area contributed by atoms with Crippen LogP contribution in [0.2, 0.25) is 0 Å². The zero-order chi connectivity index (χ0) is 10.1. The second kappa shape index (κ2) is 3.81. The summed E-state index contributed by atoms with van der Waals surface area (Å²) in [6.45, 7) is 8.51. The van der Waals surface area contributed by atoms with E-state index in [9.17, 15) is 4.39 Å². The van der Waals surface area contributed by atoms with E-state index in [1.165, 1.54) is 5.57 Å². The van der Waals surface area contributed by atoms with E-state index in [0.717, 1.165) is 12.8 Å². The van der Waals surface area contributed by atoms with Gasteiger partial charge in [-0.1, -0.05) is 32.4 Å². The van der Waals surface area contributed by atoms with Gasteiger partial charge >= 0.3 is 0 Å². The van der Waals surface area contributed by atoms with Crippen molar-refractivity contribution in [1.82, 2.24) is 0 Å². The fourth-order valence-electron chi connectivity index (χ4n) is 2.32. The molecule has 76 valence electrons. The minimum atomic E-state index is -0.595. The Morgan fingerprint density at radius 3 is 2.62 bits per heavy atom. The molecule has 13 heavy (non-hydrogen) atoms. The Labute approximate surface area is 81.2 Å². The van der Waals surface area contributed by atoms with E-state index in [-0.39, 0.29) is 0 Å². The normalized spacial score (nSPS) is 37.9. The third-order valence-electron chi connectivity index (χ3n) is 3.73. The van der Waals surface area contributed by atoms with E-state index < -0.39 is 6.17 Å². The third kappa shape index (κ3) is 1.95. The molecule has 0 heterocycles. The van der Waals surface area contributed by atoms with Gasteiger partial charge in [-0.2, -0.15) is 0 Å². The van der Waals surface area contributed by atoms with E-state index in [0.29, 0.717) is 17.8 Å². The Bertz CT molecular complexity index is 207. The van der Waals surface area contributed by atoms with Crippen molar-refractivity contribution in [3.8, 4) is 0 Å². The predicted octanol–water partition coefficient (Wildman–Crippen LogP) is 4.12. The Balaban J connectivity index is 2.39. The van der Waals surface area contributed by atoms with Crippen molar-refractivity contribution in [3.05, 3.63) is 11.6 Å². The van der Waals surface area contributed by atoms with Crippen molar-refractivity contribution >= 4 is 0 Å². The summed E-state index contributed by atoms with van der Waals surface area (Å²) in [5, 5.41) is 0. The monoisotopic (exact) mass is 184 g/mol. The highest BCUT2D eigenvalue weighted by molar-refractivity contribution is 5.35. The molecule has 1 aliphatic carbocycles. The summed E-state index contributed by atoms with van der Waals surface area (Å²) in [5.41, 5.74) is 1.85. The maximum Gasteiger partial charge on any atom is 0.0999 e. The molecular formula is C12H21F. The molecule has 0 aromatic carbocycles. The highest BCUT2D eigenvalue weighted by Crippen LogP contribution is 2.60. The minimum absolute atomic E-state index is 0.328. The van der Waals surface area contributed by atoms with Crippen LogP contribution in [0.4, 0.5) is 4.39 Å². The van der Waals surface area contributed by atoms with Gasteiger partial charge in [-0.25, -0.2) is 4.39 Å². The predicted molar refractivity (Wildman–Crippen MR) is 55.4 cm³/mol. The fraction of sp³-hybridized carbons (Fsp3) is 0.833. The first-order valence-electron chi connectivity index (χ1n) is 5.37. The highest BCUT2D eigenvalue weighted by atomic mass is 19.1. The van der Waals surface area contributed by atoms with Gasteiger partial charge in [0.05, 0.1) is 6.17 Å².